The molecule has 0 fully saturated rings. The summed E-state index contributed by atoms with van der Waals surface area (Å²) in [5, 5.41) is 2.91. The van der Waals surface area contributed by atoms with Crippen molar-refractivity contribution in [3.05, 3.63) is 59.2 Å². The van der Waals surface area contributed by atoms with E-state index in [0.29, 0.717) is 17.8 Å². The third-order valence-electron chi connectivity index (χ3n) is 3.38. The maximum absolute atomic E-state index is 12.0. The maximum atomic E-state index is 12.0. The van der Waals surface area contributed by atoms with E-state index in [2.05, 4.69) is 11.4 Å². The molecule has 3 rings (SSSR count). The number of nitrogens with two attached hydrogens (primary N) is 1. The molecule has 2 aromatic carbocycles. The van der Waals surface area contributed by atoms with E-state index in [1.807, 2.05) is 12.1 Å². The molecule has 20 heavy (non-hydrogen) atoms. The molecule has 0 radical (unpaired) electrons. The number of fused-ring (bicyclic) bond motifs is 1. The van der Waals surface area contributed by atoms with Crippen molar-refractivity contribution in [3.8, 4) is 5.75 Å². The van der Waals surface area contributed by atoms with Crippen molar-refractivity contribution in [1.29, 1.82) is 0 Å². The predicted octanol–water partition coefficient (Wildman–Crippen LogP) is 2.13. The van der Waals surface area contributed by atoms with Crippen LogP contribution in [0, 0.1) is 0 Å². The number of ether oxygens (including phenoxy) is 1. The molecule has 1 heterocycles. The van der Waals surface area contributed by atoms with E-state index in [0.717, 1.165) is 24.3 Å². The molecule has 0 saturated carbocycles. The molecule has 0 bridgehead atoms. The van der Waals surface area contributed by atoms with E-state index in [1.54, 1.807) is 24.3 Å². The Bertz CT molecular complexity index is 635. The SMILES string of the molecule is Nc1ccc(C(=O)NCc2ccc3c(c2)CCO3)cc1. The van der Waals surface area contributed by atoms with Gasteiger partial charge in [-0.15, -0.1) is 0 Å². The van der Waals surface area contributed by atoms with Crippen molar-refractivity contribution in [1.82, 2.24) is 5.32 Å². The average molecular weight is 268 g/mol. The van der Waals surface area contributed by atoms with Crippen LogP contribution < -0.4 is 15.8 Å². The number of anilines is 1. The first-order chi connectivity index (χ1) is 9.72. The summed E-state index contributed by atoms with van der Waals surface area (Å²) < 4.78 is 5.46. The molecule has 0 aromatic heterocycles. The zero-order chi connectivity index (χ0) is 13.9. The van der Waals surface area contributed by atoms with Gasteiger partial charge in [-0.3, -0.25) is 4.79 Å². The zero-order valence-corrected chi connectivity index (χ0v) is 11.1. The van der Waals surface area contributed by atoms with Gasteiger partial charge in [-0.25, -0.2) is 0 Å². The largest absolute Gasteiger partial charge is 0.493 e. The number of hydrogen-bond acceptors (Lipinski definition) is 3. The molecule has 2 aromatic rings. The number of nitrogen functional groups attached to an aromatic ring is 1. The highest BCUT2D eigenvalue weighted by Crippen LogP contribution is 2.25. The third kappa shape index (κ3) is 2.59. The van der Waals surface area contributed by atoms with Crippen LogP contribution >= 0.6 is 0 Å². The summed E-state index contributed by atoms with van der Waals surface area (Å²) in [6, 6.07) is 12.9. The van der Waals surface area contributed by atoms with Crippen LogP contribution in [0.2, 0.25) is 0 Å². The minimum absolute atomic E-state index is 0.0956. The smallest absolute Gasteiger partial charge is 0.251 e. The summed E-state index contributed by atoms with van der Waals surface area (Å²) >= 11 is 0. The van der Waals surface area contributed by atoms with E-state index in [1.165, 1.54) is 5.56 Å². The van der Waals surface area contributed by atoms with Crippen LogP contribution in [0.1, 0.15) is 21.5 Å². The van der Waals surface area contributed by atoms with E-state index >= 15 is 0 Å². The summed E-state index contributed by atoms with van der Waals surface area (Å²) in [4.78, 5) is 12.0. The molecule has 1 amide bonds. The minimum atomic E-state index is -0.0956. The molecule has 0 atom stereocenters. The fraction of sp³-hybridized carbons (Fsp3) is 0.188. The number of hydrogen-bond donors (Lipinski definition) is 2. The van der Waals surface area contributed by atoms with Gasteiger partial charge in [0.15, 0.2) is 0 Å². The van der Waals surface area contributed by atoms with Crippen LogP contribution in [0.4, 0.5) is 5.69 Å². The molecular weight excluding hydrogens is 252 g/mol. The van der Waals surface area contributed by atoms with Crippen LogP contribution in [0.3, 0.4) is 0 Å². The van der Waals surface area contributed by atoms with Crippen molar-refractivity contribution in [2.45, 2.75) is 13.0 Å². The van der Waals surface area contributed by atoms with Gasteiger partial charge < -0.3 is 15.8 Å². The lowest BCUT2D eigenvalue weighted by Gasteiger charge is -2.07. The Hall–Kier alpha value is -2.49. The van der Waals surface area contributed by atoms with Crippen molar-refractivity contribution in [3.63, 3.8) is 0 Å². The topological polar surface area (TPSA) is 64.4 Å². The molecule has 4 nitrogen and oxygen atoms in total. The molecule has 3 N–H and O–H groups in total. The number of amides is 1. The lowest BCUT2D eigenvalue weighted by Crippen LogP contribution is -2.22. The Balaban J connectivity index is 1.64. The summed E-state index contributed by atoms with van der Waals surface area (Å²) in [5.74, 6) is 0.861. The van der Waals surface area contributed by atoms with Gasteiger partial charge in [0.05, 0.1) is 6.61 Å². The van der Waals surface area contributed by atoms with Crippen LogP contribution in [0.5, 0.6) is 5.75 Å². The first-order valence-electron chi connectivity index (χ1n) is 6.61. The molecule has 4 heteroatoms. The number of rotatable bonds is 3. The van der Waals surface area contributed by atoms with Crippen molar-refractivity contribution in [2.75, 3.05) is 12.3 Å². The quantitative estimate of drug-likeness (QED) is 0.838. The third-order valence-corrected chi connectivity index (χ3v) is 3.38. The van der Waals surface area contributed by atoms with Gasteiger partial charge in [-0.1, -0.05) is 12.1 Å². The fourth-order valence-electron chi connectivity index (χ4n) is 2.27. The van der Waals surface area contributed by atoms with Crippen LogP contribution in [0.15, 0.2) is 42.5 Å². The highest BCUT2D eigenvalue weighted by Gasteiger charge is 2.12. The number of benzene rings is 2. The molecular formula is C16H16N2O2. The lowest BCUT2D eigenvalue weighted by atomic mass is 10.1. The molecule has 0 saturated heterocycles. The standard InChI is InChI=1S/C16H16N2O2/c17-14-4-2-12(3-5-14)16(19)18-10-11-1-6-15-13(9-11)7-8-20-15/h1-6,9H,7-8,10,17H2,(H,18,19). The Kier molecular flexibility index (Phi) is 3.29. The Morgan fingerprint density at radius 2 is 2.00 bits per heavy atom. The van der Waals surface area contributed by atoms with E-state index in [4.69, 9.17) is 10.5 Å². The summed E-state index contributed by atoms with van der Waals surface area (Å²) in [7, 11) is 0. The second-order valence-electron chi connectivity index (χ2n) is 4.85. The van der Waals surface area contributed by atoms with E-state index in [-0.39, 0.29) is 5.91 Å². The van der Waals surface area contributed by atoms with Gasteiger partial charge in [-0.05, 0) is 41.5 Å². The van der Waals surface area contributed by atoms with Crippen LogP contribution in [-0.4, -0.2) is 12.5 Å². The Labute approximate surface area is 117 Å². The average Bonchev–Trinajstić information content (AvgIpc) is 2.93. The maximum Gasteiger partial charge on any atom is 0.251 e. The summed E-state index contributed by atoms with van der Waals surface area (Å²) in [5.41, 5.74) is 9.16. The second-order valence-corrected chi connectivity index (χ2v) is 4.85. The second kappa shape index (κ2) is 5.25. The summed E-state index contributed by atoms with van der Waals surface area (Å²) in [6.07, 6.45) is 0.940. The number of carbonyl (C=O) groups excluding carboxylic acids is 1. The van der Waals surface area contributed by atoms with Crippen LogP contribution in [-0.2, 0) is 13.0 Å². The Morgan fingerprint density at radius 1 is 1.20 bits per heavy atom. The normalized spacial score (nSPS) is 12.6. The highest BCUT2D eigenvalue weighted by molar-refractivity contribution is 5.94. The van der Waals surface area contributed by atoms with Crippen molar-refractivity contribution in [2.24, 2.45) is 0 Å². The highest BCUT2D eigenvalue weighted by atomic mass is 16.5. The summed E-state index contributed by atoms with van der Waals surface area (Å²) in [6.45, 7) is 1.26. The lowest BCUT2D eigenvalue weighted by molar-refractivity contribution is 0.0951. The van der Waals surface area contributed by atoms with Gasteiger partial charge in [0.2, 0.25) is 0 Å². The molecule has 102 valence electrons. The Morgan fingerprint density at radius 3 is 2.80 bits per heavy atom. The molecule has 0 spiro atoms. The first-order valence-corrected chi connectivity index (χ1v) is 6.61. The molecule has 0 unspecified atom stereocenters. The van der Waals surface area contributed by atoms with Gasteiger partial charge in [0, 0.05) is 24.2 Å². The zero-order valence-electron chi connectivity index (χ0n) is 11.1. The van der Waals surface area contributed by atoms with Gasteiger partial charge in [0.25, 0.3) is 5.91 Å². The molecule has 1 aliphatic rings. The number of nitrogens with one attached hydrogen (secondary N) is 1. The van der Waals surface area contributed by atoms with Crippen molar-refractivity contribution >= 4 is 11.6 Å². The first kappa shape index (κ1) is 12.5. The van der Waals surface area contributed by atoms with E-state index < -0.39 is 0 Å². The van der Waals surface area contributed by atoms with Crippen LogP contribution in [0.25, 0.3) is 0 Å². The molecule has 0 aliphatic carbocycles. The van der Waals surface area contributed by atoms with Gasteiger partial charge in [-0.2, -0.15) is 0 Å². The predicted molar refractivity (Wildman–Crippen MR) is 77.7 cm³/mol. The molecule has 1 aliphatic heterocycles. The van der Waals surface area contributed by atoms with Crippen molar-refractivity contribution < 1.29 is 9.53 Å². The van der Waals surface area contributed by atoms with Gasteiger partial charge >= 0.3 is 0 Å². The fourth-order valence-corrected chi connectivity index (χ4v) is 2.27. The minimum Gasteiger partial charge on any atom is -0.493 e. The monoisotopic (exact) mass is 268 g/mol. The van der Waals surface area contributed by atoms with E-state index in [9.17, 15) is 4.79 Å². The number of carbonyl (C=O) groups is 1. The van der Waals surface area contributed by atoms with Gasteiger partial charge in [0.1, 0.15) is 5.75 Å².